The van der Waals surface area contributed by atoms with E-state index in [1.807, 2.05) is 0 Å². The summed E-state index contributed by atoms with van der Waals surface area (Å²) in [6.07, 6.45) is 0.562. The van der Waals surface area contributed by atoms with Crippen molar-refractivity contribution in [2.75, 3.05) is 32.7 Å². The van der Waals surface area contributed by atoms with Crippen LogP contribution in [0.3, 0.4) is 0 Å². The third-order valence-corrected chi connectivity index (χ3v) is 3.33. The van der Waals surface area contributed by atoms with Gasteiger partial charge in [-0.2, -0.15) is 0 Å². The van der Waals surface area contributed by atoms with Crippen LogP contribution in [0.2, 0.25) is 0 Å². The lowest BCUT2D eigenvalue weighted by molar-refractivity contribution is 0.0693. The van der Waals surface area contributed by atoms with Crippen LogP contribution >= 0.6 is 0 Å². The Bertz CT molecular complexity index is 470. The molecule has 0 saturated carbocycles. The molecule has 1 heterocycles. The Morgan fingerprint density at radius 2 is 1.89 bits per heavy atom. The molecule has 6 heteroatoms. The van der Waals surface area contributed by atoms with Crippen LogP contribution in [0, 0.1) is 0 Å². The van der Waals surface area contributed by atoms with E-state index in [0.717, 1.165) is 38.8 Å². The van der Waals surface area contributed by atoms with E-state index in [2.05, 4.69) is 10.2 Å². The third-order valence-electron chi connectivity index (χ3n) is 3.33. The predicted molar refractivity (Wildman–Crippen MR) is 69.7 cm³/mol. The number of phenols is 2. The van der Waals surface area contributed by atoms with Gasteiger partial charge in [0, 0.05) is 38.8 Å². The van der Waals surface area contributed by atoms with Gasteiger partial charge in [-0.3, -0.25) is 0 Å². The van der Waals surface area contributed by atoms with Crippen molar-refractivity contribution in [3.05, 3.63) is 23.3 Å². The van der Waals surface area contributed by atoms with Gasteiger partial charge >= 0.3 is 5.97 Å². The molecule has 6 nitrogen and oxygen atoms in total. The SMILES string of the molecule is O=C(O)c1cc(CCN2CCNCC2)c(O)cc1O. The number of carbonyl (C=O) groups is 1. The van der Waals surface area contributed by atoms with Gasteiger partial charge in [0.25, 0.3) is 0 Å². The molecule has 104 valence electrons. The van der Waals surface area contributed by atoms with Gasteiger partial charge < -0.3 is 25.5 Å². The second-order valence-electron chi connectivity index (χ2n) is 4.64. The summed E-state index contributed by atoms with van der Waals surface area (Å²) in [5.41, 5.74) is 0.377. The molecule has 4 N–H and O–H groups in total. The van der Waals surface area contributed by atoms with Gasteiger partial charge in [0.05, 0.1) is 0 Å². The first-order chi connectivity index (χ1) is 9.08. The van der Waals surface area contributed by atoms with Crippen LogP contribution in [0.25, 0.3) is 0 Å². The molecule has 1 aromatic carbocycles. The Hall–Kier alpha value is -1.79. The summed E-state index contributed by atoms with van der Waals surface area (Å²) >= 11 is 0. The van der Waals surface area contributed by atoms with E-state index >= 15 is 0 Å². The molecule has 1 aromatic rings. The van der Waals surface area contributed by atoms with Crippen LogP contribution in [-0.2, 0) is 6.42 Å². The van der Waals surface area contributed by atoms with E-state index in [9.17, 15) is 15.0 Å². The largest absolute Gasteiger partial charge is 0.508 e. The highest BCUT2D eigenvalue weighted by atomic mass is 16.4. The monoisotopic (exact) mass is 266 g/mol. The molecule has 0 atom stereocenters. The maximum absolute atomic E-state index is 10.9. The average Bonchev–Trinajstić information content (AvgIpc) is 2.38. The summed E-state index contributed by atoms with van der Waals surface area (Å²) in [6, 6.07) is 2.44. The summed E-state index contributed by atoms with van der Waals surface area (Å²) in [7, 11) is 0. The van der Waals surface area contributed by atoms with Crippen molar-refractivity contribution in [1.29, 1.82) is 0 Å². The number of piperazine rings is 1. The van der Waals surface area contributed by atoms with Gasteiger partial charge in [0.2, 0.25) is 0 Å². The van der Waals surface area contributed by atoms with Crippen LogP contribution in [0.4, 0.5) is 0 Å². The second-order valence-corrected chi connectivity index (χ2v) is 4.64. The summed E-state index contributed by atoms with van der Waals surface area (Å²) in [5, 5.41) is 31.4. The molecule has 0 amide bonds. The molecule has 1 aliphatic rings. The zero-order valence-electron chi connectivity index (χ0n) is 10.6. The number of carboxylic acids is 1. The highest BCUT2D eigenvalue weighted by Gasteiger charge is 2.15. The van der Waals surface area contributed by atoms with Gasteiger partial charge in [-0.05, 0) is 18.1 Å². The molecular formula is C13H18N2O4. The molecule has 0 bridgehead atoms. The summed E-state index contributed by atoms with van der Waals surface area (Å²) in [4.78, 5) is 13.2. The van der Waals surface area contributed by atoms with E-state index in [1.165, 1.54) is 6.07 Å². The number of nitrogens with one attached hydrogen (secondary N) is 1. The summed E-state index contributed by atoms with van der Waals surface area (Å²) in [6.45, 7) is 4.55. The van der Waals surface area contributed by atoms with Crippen molar-refractivity contribution in [3.63, 3.8) is 0 Å². The topological polar surface area (TPSA) is 93.0 Å². The lowest BCUT2D eigenvalue weighted by Gasteiger charge is -2.27. The van der Waals surface area contributed by atoms with Gasteiger partial charge in [0.1, 0.15) is 17.1 Å². The van der Waals surface area contributed by atoms with E-state index in [1.54, 1.807) is 0 Å². The van der Waals surface area contributed by atoms with Crippen LogP contribution in [0.1, 0.15) is 15.9 Å². The Morgan fingerprint density at radius 3 is 2.53 bits per heavy atom. The number of aromatic hydroxyl groups is 2. The number of rotatable bonds is 4. The van der Waals surface area contributed by atoms with Crippen LogP contribution in [-0.4, -0.2) is 58.9 Å². The van der Waals surface area contributed by atoms with Gasteiger partial charge in [-0.15, -0.1) is 0 Å². The Kier molecular flexibility index (Phi) is 4.24. The van der Waals surface area contributed by atoms with Crippen molar-refractivity contribution >= 4 is 5.97 Å². The summed E-state index contributed by atoms with van der Waals surface area (Å²) < 4.78 is 0. The Labute approximate surface area is 111 Å². The highest BCUT2D eigenvalue weighted by Crippen LogP contribution is 2.27. The van der Waals surface area contributed by atoms with Crippen LogP contribution < -0.4 is 5.32 Å². The Balaban J connectivity index is 2.06. The number of nitrogens with zero attached hydrogens (tertiary/aromatic N) is 1. The number of hydrogen-bond donors (Lipinski definition) is 4. The van der Waals surface area contributed by atoms with Crippen LogP contribution in [0.5, 0.6) is 11.5 Å². The lowest BCUT2D eigenvalue weighted by atomic mass is 10.1. The fourth-order valence-electron chi connectivity index (χ4n) is 2.21. The van der Waals surface area contributed by atoms with Crippen molar-refractivity contribution in [2.24, 2.45) is 0 Å². The van der Waals surface area contributed by atoms with Crippen molar-refractivity contribution in [3.8, 4) is 11.5 Å². The number of phenolic OH excluding ortho intramolecular Hbond substituents is 1. The fourth-order valence-corrected chi connectivity index (χ4v) is 2.21. The average molecular weight is 266 g/mol. The zero-order valence-corrected chi connectivity index (χ0v) is 10.6. The first-order valence-corrected chi connectivity index (χ1v) is 6.29. The molecule has 1 aliphatic heterocycles. The molecule has 19 heavy (non-hydrogen) atoms. The molecule has 1 fully saturated rings. The lowest BCUT2D eigenvalue weighted by Crippen LogP contribution is -2.44. The molecule has 0 spiro atoms. The quantitative estimate of drug-likeness (QED) is 0.624. The minimum Gasteiger partial charge on any atom is -0.508 e. The molecule has 0 unspecified atom stereocenters. The Morgan fingerprint density at radius 1 is 1.21 bits per heavy atom. The van der Waals surface area contributed by atoms with Gasteiger partial charge in [0.15, 0.2) is 0 Å². The number of aromatic carboxylic acids is 1. The maximum Gasteiger partial charge on any atom is 0.339 e. The zero-order chi connectivity index (χ0) is 13.8. The second kappa shape index (κ2) is 5.90. The van der Waals surface area contributed by atoms with E-state index < -0.39 is 11.7 Å². The first kappa shape index (κ1) is 13.6. The van der Waals surface area contributed by atoms with Crippen molar-refractivity contribution in [2.45, 2.75) is 6.42 Å². The fraction of sp³-hybridized carbons (Fsp3) is 0.462. The molecule has 2 rings (SSSR count). The summed E-state index contributed by atoms with van der Waals surface area (Å²) in [5.74, 6) is -1.66. The minimum atomic E-state index is -1.19. The maximum atomic E-state index is 10.9. The third kappa shape index (κ3) is 3.36. The van der Waals surface area contributed by atoms with Gasteiger partial charge in [-0.25, -0.2) is 4.79 Å². The molecule has 0 radical (unpaired) electrons. The molecular weight excluding hydrogens is 248 g/mol. The number of hydrogen-bond acceptors (Lipinski definition) is 5. The highest BCUT2D eigenvalue weighted by molar-refractivity contribution is 5.91. The van der Waals surface area contributed by atoms with E-state index in [4.69, 9.17) is 5.11 Å². The van der Waals surface area contributed by atoms with Gasteiger partial charge in [-0.1, -0.05) is 0 Å². The smallest absolute Gasteiger partial charge is 0.339 e. The minimum absolute atomic E-state index is 0.0577. The molecule has 1 saturated heterocycles. The van der Waals surface area contributed by atoms with Crippen molar-refractivity contribution in [1.82, 2.24) is 10.2 Å². The van der Waals surface area contributed by atoms with Crippen molar-refractivity contribution < 1.29 is 20.1 Å². The van der Waals surface area contributed by atoms with E-state index in [0.29, 0.717) is 12.0 Å². The molecule has 0 aromatic heterocycles. The molecule has 0 aliphatic carbocycles. The van der Waals surface area contributed by atoms with E-state index in [-0.39, 0.29) is 11.3 Å². The predicted octanol–water partition coefficient (Wildman–Crippen LogP) is 0.244. The van der Waals surface area contributed by atoms with Crippen LogP contribution in [0.15, 0.2) is 12.1 Å². The standard InChI is InChI=1S/C13H18N2O4/c16-11-8-12(17)10(13(18)19)7-9(11)1-4-15-5-2-14-3-6-15/h7-8,14,16-17H,1-6H2,(H,18,19). The number of carboxylic acid groups (broad SMARTS) is 1. The first-order valence-electron chi connectivity index (χ1n) is 6.29. The number of benzene rings is 1. The normalized spacial score (nSPS) is 16.4.